The maximum Gasteiger partial charge on any atom is 1.00 e. The minimum Gasteiger partial charge on any atom is -0.550 e. The first kappa shape index (κ1) is 54.3. The van der Waals surface area contributed by atoms with Gasteiger partial charge in [-0.3, -0.25) is 4.79 Å². The second kappa shape index (κ2) is 18.6. The number of hydrogen-bond acceptors (Lipinski definition) is 16. The Labute approximate surface area is 441 Å². The molecule has 61 heavy (non-hydrogen) atoms. The predicted molar refractivity (Wildman–Crippen MR) is 198 cm³/mol. The Hall–Kier alpha value is 0.693. The molecule has 19 atom stereocenters. The van der Waals surface area contributed by atoms with E-state index in [-0.39, 0.29) is 143 Å². The van der Waals surface area contributed by atoms with Gasteiger partial charge in [-0.2, -0.15) is 0 Å². The summed E-state index contributed by atoms with van der Waals surface area (Å²) in [5.74, 6) is -5.37. The molecule has 9 N–H and O–H groups in total. The number of ether oxygens (including phenoxy) is 4. The van der Waals surface area contributed by atoms with Crippen molar-refractivity contribution in [1.82, 2.24) is 6.15 Å². The van der Waals surface area contributed by atoms with Crippen molar-refractivity contribution in [2.45, 2.75) is 174 Å². The monoisotopic (exact) mass is 915 g/mol. The van der Waals surface area contributed by atoms with Crippen molar-refractivity contribution in [3.8, 4) is 0 Å². The number of quaternary nitrogens is 1. The van der Waals surface area contributed by atoms with Crippen LogP contribution in [0.1, 0.15) is 106 Å². The summed E-state index contributed by atoms with van der Waals surface area (Å²) in [4.78, 5) is 50.9. The number of carbonyl (C=O) groups excluding carboxylic acids is 4. The van der Waals surface area contributed by atoms with E-state index < -0.39 is 107 Å². The van der Waals surface area contributed by atoms with Crippen LogP contribution in [0.15, 0.2) is 11.6 Å². The summed E-state index contributed by atoms with van der Waals surface area (Å²) in [5, 5.41) is 89.2. The van der Waals surface area contributed by atoms with E-state index in [2.05, 4.69) is 27.7 Å². The van der Waals surface area contributed by atoms with Gasteiger partial charge in [0.15, 0.2) is 18.4 Å². The Bertz CT molecular complexity index is 1750. The molecule has 2 aliphatic heterocycles. The molecule has 0 aromatic rings. The molecule has 2 heterocycles. The molecule has 7 aliphatic rings. The Morgan fingerprint density at radius 3 is 1.84 bits per heavy atom. The van der Waals surface area contributed by atoms with E-state index in [9.17, 15) is 60.0 Å². The molecule has 0 spiro atoms. The van der Waals surface area contributed by atoms with Crippen molar-refractivity contribution in [2.24, 2.45) is 50.2 Å². The largest absolute Gasteiger partial charge is 1.00 e. The number of aliphatic carboxylic acids is 3. The van der Waals surface area contributed by atoms with Gasteiger partial charge in [0.25, 0.3) is 0 Å². The first-order chi connectivity index (χ1) is 26.8. The molecule has 0 unspecified atom stereocenters. The molecule has 0 bridgehead atoms. The quantitative estimate of drug-likeness (QED) is 0.102. The van der Waals surface area contributed by atoms with Crippen LogP contribution in [0.25, 0.3) is 0 Å². The van der Waals surface area contributed by atoms with Crippen LogP contribution in [0, 0.1) is 50.2 Å². The number of allylic oxidation sites excluding steroid dienone is 2. The van der Waals surface area contributed by atoms with Crippen molar-refractivity contribution in [2.75, 3.05) is 0 Å². The fourth-order valence-corrected chi connectivity index (χ4v) is 13.3. The summed E-state index contributed by atoms with van der Waals surface area (Å²) < 4.78 is 23.1. The van der Waals surface area contributed by atoms with Gasteiger partial charge < -0.3 is 80.3 Å². The summed E-state index contributed by atoms with van der Waals surface area (Å²) in [7, 11) is 0. The Kier molecular flexibility index (Phi) is 16.6. The van der Waals surface area contributed by atoms with E-state index >= 15 is 0 Å². The number of aliphatic hydroxyl groups excluding tert-OH is 5. The molecule has 0 aromatic heterocycles. The third kappa shape index (κ3) is 8.52. The number of hydrogen-bond donors (Lipinski definition) is 6. The van der Waals surface area contributed by atoms with Gasteiger partial charge in [0, 0.05) is 17.3 Å². The fourth-order valence-electron chi connectivity index (χ4n) is 13.3. The van der Waals surface area contributed by atoms with Gasteiger partial charge in [-0.1, -0.05) is 54.0 Å². The molecule has 0 radical (unpaired) electrons. The molecular weight excluding hydrogens is 853 g/mol. The average Bonchev–Trinajstić information content (AvgIpc) is 3.13. The summed E-state index contributed by atoms with van der Waals surface area (Å²) in [6.45, 7) is 14.6. The molecule has 19 heteroatoms. The summed E-state index contributed by atoms with van der Waals surface area (Å²) in [6, 6.07) is 0. The number of carbonyl (C=O) groups is 4. The van der Waals surface area contributed by atoms with E-state index in [1.54, 1.807) is 6.92 Å². The number of carboxylic acid groups (broad SMARTS) is 3. The number of fused-ring (bicyclic) bond motifs is 7. The summed E-state index contributed by atoms with van der Waals surface area (Å²) in [6.07, 6.45) is -13.4. The zero-order chi connectivity index (χ0) is 42.9. The van der Waals surface area contributed by atoms with Crippen molar-refractivity contribution >= 4 is 23.7 Å². The number of aliphatic hydroxyl groups is 5. The molecule has 0 aromatic carbocycles. The Morgan fingerprint density at radius 1 is 0.705 bits per heavy atom. The van der Waals surface area contributed by atoms with Gasteiger partial charge in [0.05, 0.1) is 18.0 Å². The molecule has 0 amide bonds. The van der Waals surface area contributed by atoms with Gasteiger partial charge in [0.1, 0.15) is 48.8 Å². The number of ketones is 1. The Balaban J connectivity index is 0.00000273. The summed E-state index contributed by atoms with van der Waals surface area (Å²) >= 11 is 0. The van der Waals surface area contributed by atoms with Crippen molar-refractivity contribution in [3.05, 3.63) is 11.6 Å². The first-order valence-electron chi connectivity index (χ1n) is 20.7. The van der Waals surface area contributed by atoms with Gasteiger partial charge in [0.2, 0.25) is 0 Å². The summed E-state index contributed by atoms with van der Waals surface area (Å²) in [5.41, 5.74) is -2.11. The normalized spacial score (nSPS) is 50.0. The zero-order valence-electron chi connectivity index (χ0n) is 37.3. The van der Waals surface area contributed by atoms with E-state index in [1.807, 2.05) is 19.9 Å². The standard InChI is InChI=1S/C42H62O16.2K.H3N/c1-37(2)21-8-11-42(7)31(20(43)16-18-19-17-39(4,36(53)54)13-12-38(19,3)14-15-41(18,42)6)40(21,5)10-9-22(37)55-35-30(26(47)25(46)29(57-35)33(51)52)58-34-27(48)23(44)24(45)28(56-34)32(49)50;;;/h16,19,21-31,34-35,44-48H,8-15,17H2,1-7H3,(H,49,50)(H,51,52)(H,53,54);;;1H3/q;2*+1;/p-2/t19-,21-,22-,23-,24-,25-,26-,27+,28-,29-,30+,31+,34-,35-,38+,39-,40-,41+,42+;;;/m0.../s1. The smallest absolute Gasteiger partial charge is 0.550 e. The third-order valence-corrected chi connectivity index (χ3v) is 17.2. The molecule has 17 nitrogen and oxygen atoms in total. The van der Waals surface area contributed by atoms with Crippen LogP contribution in [0.5, 0.6) is 0 Å². The van der Waals surface area contributed by atoms with E-state index in [1.165, 1.54) is 0 Å². The topological polar surface area (TPSA) is 312 Å². The van der Waals surface area contributed by atoms with Gasteiger partial charge in [-0.05, 0) is 103 Å². The molecule has 7 rings (SSSR count). The van der Waals surface area contributed by atoms with Gasteiger partial charge >= 0.3 is 103 Å². The predicted octanol–water partition coefficient (Wildman–Crippen LogP) is -7.37. The SMILES string of the molecule is CC1(C)[C@@H](O[C@H]2O[C@H](C(=O)[O-])[C@@H](O)[C@H](O)[C@H]2O[C@@H]2O[C@H](C(=O)[O-])[C@@H](O)[C@H](O)[C@H]2O)CC[C@]2(C)[C@H]3C(=O)C=C4[C@@H]5C[C@@](C)(C(=O)[O-])CC[C@]5(C)CC[C@@]4(C)[C@]3(C)CC[C@@H]12.[K+].[K+].[NH4+]. The average molecular weight is 916 g/mol. The number of carboxylic acids is 3. The molecular formula is C42H63K2NO16. The van der Waals surface area contributed by atoms with Crippen LogP contribution in [0.2, 0.25) is 0 Å². The molecule has 5 aliphatic carbocycles. The first-order valence-corrected chi connectivity index (χ1v) is 20.7. The molecule has 2 saturated heterocycles. The number of rotatable bonds is 7. The van der Waals surface area contributed by atoms with Crippen molar-refractivity contribution in [3.63, 3.8) is 0 Å². The molecule has 6 fully saturated rings. The van der Waals surface area contributed by atoms with E-state index in [0.717, 1.165) is 24.8 Å². The Morgan fingerprint density at radius 2 is 1.26 bits per heavy atom. The van der Waals surface area contributed by atoms with Crippen LogP contribution in [-0.2, 0) is 38.1 Å². The van der Waals surface area contributed by atoms with Crippen LogP contribution in [-0.4, -0.2) is 117 Å². The minimum absolute atomic E-state index is 0. The fraction of sp³-hybridized carbons (Fsp3) is 0.857. The second-order valence-electron chi connectivity index (χ2n) is 20.6. The second-order valence-corrected chi connectivity index (χ2v) is 20.6. The van der Waals surface area contributed by atoms with Crippen LogP contribution in [0.4, 0.5) is 0 Å². The molecule has 334 valence electrons. The van der Waals surface area contributed by atoms with Gasteiger partial charge in [-0.15, -0.1) is 0 Å². The zero-order valence-corrected chi connectivity index (χ0v) is 43.5. The maximum absolute atomic E-state index is 14.8. The van der Waals surface area contributed by atoms with Crippen molar-refractivity contribution in [1.29, 1.82) is 0 Å². The minimum atomic E-state index is -2.16. The van der Waals surface area contributed by atoms with E-state index in [4.69, 9.17) is 18.9 Å². The van der Waals surface area contributed by atoms with Crippen molar-refractivity contribution < 1.29 is 182 Å². The van der Waals surface area contributed by atoms with Crippen LogP contribution >= 0.6 is 0 Å². The third-order valence-electron chi connectivity index (χ3n) is 17.2. The van der Waals surface area contributed by atoms with Gasteiger partial charge in [-0.25, -0.2) is 0 Å². The maximum atomic E-state index is 14.8. The van der Waals surface area contributed by atoms with E-state index in [0.29, 0.717) is 38.5 Å². The molecule has 4 saturated carbocycles. The van der Waals surface area contributed by atoms with Crippen LogP contribution < -0.4 is 124 Å². The van der Waals surface area contributed by atoms with Crippen LogP contribution in [0.3, 0.4) is 0 Å².